The minimum atomic E-state index is 0. The van der Waals surface area contributed by atoms with Gasteiger partial charge in [0.25, 0.3) is 0 Å². The van der Waals surface area contributed by atoms with Gasteiger partial charge in [0.1, 0.15) is 0 Å². The minimum absolute atomic E-state index is 0. The molecule has 0 aliphatic carbocycles. The van der Waals surface area contributed by atoms with Crippen LogP contribution in [-0.2, 0) is 17.4 Å². The average molecular weight is 527 g/mol. The van der Waals surface area contributed by atoms with Gasteiger partial charge in [-0.3, -0.25) is 0 Å². The zero-order valence-electron chi connectivity index (χ0n) is 22.2. The van der Waals surface area contributed by atoms with E-state index >= 15 is 0 Å². The summed E-state index contributed by atoms with van der Waals surface area (Å²) in [5.41, 5.74) is 0. The van der Waals surface area contributed by atoms with Gasteiger partial charge in [0, 0.05) is 0 Å². The Morgan fingerprint density at radius 2 is 0.818 bits per heavy atom. The second-order valence-electron chi connectivity index (χ2n) is 9.09. The van der Waals surface area contributed by atoms with Crippen LogP contribution in [0.5, 0.6) is 0 Å². The van der Waals surface area contributed by atoms with Crippen molar-refractivity contribution in [3.05, 3.63) is 48.5 Å². The predicted octanol–water partition coefficient (Wildman–Crippen LogP) is 9.78. The Hall–Kier alpha value is 0.0925. The summed E-state index contributed by atoms with van der Waals surface area (Å²) >= 11 is 0. The summed E-state index contributed by atoms with van der Waals surface area (Å²) < 4.78 is 0. The maximum Gasteiger partial charge on any atom is 2.00 e. The van der Waals surface area contributed by atoms with Crippen molar-refractivity contribution in [3.8, 4) is 0 Å². The van der Waals surface area contributed by atoms with Crippen LogP contribution in [0.3, 0.4) is 0 Å². The molecule has 2 aromatic carbocycles. The molecular weight excluding hydrogens is 474 g/mol. The van der Waals surface area contributed by atoms with Crippen molar-refractivity contribution in [2.45, 2.75) is 105 Å². The summed E-state index contributed by atoms with van der Waals surface area (Å²) in [5, 5.41) is 3.28. The number of hydrogen-bond donors (Lipinski definition) is 0. The van der Waals surface area contributed by atoms with Gasteiger partial charge in [0.15, 0.2) is 0 Å². The van der Waals surface area contributed by atoms with E-state index in [0.29, 0.717) is 0 Å². The summed E-state index contributed by atoms with van der Waals surface area (Å²) in [5.74, 6) is 0. The summed E-state index contributed by atoms with van der Waals surface area (Å²) in [6.07, 6.45) is 22.6. The number of rotatable bonds is 18. The van der Waals surface area contributed by atoms with Crippen molar-refractivity contribution in [2.75, 3.05) is 24.6 Å². The zero-order valence-corrected chi connectivity index (χ0v) is 25.3. The molecule has 0 fully saturated rings. The molecule has 0 nitrogen and oxygen atoms in total. The van der Waals surface area contributed by atoms with Crippen LogP contribution in [0.2, 0.25) is 0 Å². The minimum Gasteiger partial charge on any atom is -0.213 e. The van der Waals surface area contributed by atoms with E-state index in [1.807, 2.05) is 0 Å². The SMILES string of the molecule is CCCCCP(CCCCC)c1ccc[cH-]1.CCCCCP(CCCCC)c1ccc[cH-]1.[Cr+2]. The molecule has 0 bridgehead atoms. The Bertz CT molecular complexity index is 517. The van der Waals surface area contributed by atoms with Gasteiger partial charge in [-0.25, -0.2) is 24.3 Å². The van der Waals surface area contributed by atoms with E-state index in [-0.39, 0.29) is 33.2 Å². The van der Waals surface area contributed by atoms with Crippen molar-refractivity contribution < 1.29 is 17.4 Å². The third-order valence-corrected chi connectivity index (χ3v) is 11.6. The predicted molar refractivity (Wildman–Crippen MR) is 155 cm³/mol. The van der Waals surface area contributed by atoms with Gasteiger partial charge in [-0.15, -0.1) is 26.5 Å². The Balaban J connectivity index is 0.000000602. The van der Waals surface area contributed by atoms with Crippen LogP contribution in [0.25, 0.3) is 0 Å². The van der Waals surface area contributed by atoms with Gasteiger partial charge in [0.2, 0.25) is 0 Å². The van der Waals surface area contributed by atoms with E-state index < -0.39 is 0 Å². The molecule has 0 atom stereocenters. The molecule has 0 aromatic heterocycles. The van der Waals surface area contributed by atoms with Gasteiger partial charge in [-0.05, 0) is 50.3 Å². The molecule has 0 spiro atoms. The molecule has 0 aliphatic heterocycles. The molecule has 0 saturated carbocycles. The fourth-order valence-corrected chi connectivity index (χ4v) is 9.19. The smallest absolute Gasteiger partial charge is 0.213 e. The first-order valence-electron chi connectivity index (χ1n) is 13.7. The fraction of sp³-hybridized carbons (Fsp3) is 0.667. The maximum absolute atomic E-state index is 2.34. The molecule has 3 heteroatoms. The summed E-state index contributed by atoms with van der Waals surface area (Å²) in [4.78, 5) is 0. The summed E-state index contributed by atoms with van der Waals surface area (Å²) in [6.45, 7) is 9.17. The molecule has 188 valence electrons. The van der Waals surface area contributed by atoms with E-state index in [9.17, 15) is 0 Å². The Morgan fingerprint density at radius 1 is 0.515 bits per heavy atom. The van der Waals surface area contributed by atoms with E-state index in [0.717, 1.165) is 0 Å². The van der Waals surface area contributed by atoms with Crippen LogP contribution >= 0.6 is 15.8 Å². The normalized spacial score (nSPS) is 10.8. The average Bonchev–Trinajstić information content (AvgIpc) is 3.53. The molecule has 33 heavy (non-hydrogen) atoms. The first-order valence-corrected chi connectivity index (χ1v) is 17.1. The molecule has 0 amide bonds. The molecule has 0 saturated heterocycles. The van der Waals surface area contributed by atoms with Crippen LogP contribution < -0.4 is 10.6 Å². The zero-order chi connectivity index (χ0) is 23.3. The molecule has 0 radical (unpaired) electrons. The monoisotopic (exact) mass is 526 g/mol. The van der Waals surface area contributed by atoms with E-state index in [1.54, 1.807) is 10.6 Å². The quantitative estimate of drug-likeness (QED) is 0.103. The Morgan fingerprint density at radius 3 is 1.03 bits per heavy atom. The van der Waals surface area contributed by atoms with E-state index in [2.05, 4.69) is 76.2 Å². The Kier molecular flexibility index (Phi) is 23.9. The first kappa shape index (κ1) is 33.1. The van der Waals surface area contributed by atoms with Crippen molar-refractivity contribution in [1.82, 2.24) is 0 Å². The summed E-state index contributed by atoms with van der Waals surface area (Å²) in [7, 11) is 0.316. The van der Waals surface area contributed by atoms with Gasteiger partial charge in [-0.2, -0.15) is 24.3 Å². The van der Waals surface area contributed by atoms with Crippen LogP contribution in [0, 0.1) is 0 Å². The van der Waals surface area contributed by atoms with Crippen LogP contribution in [-0.4, -0.2) is 24.6 Å². The fourth-order valence-electron chi connectivity index (χ4n) is 4.10. The van der Waals surface area contributed by atoms with E-state index in [4.69, 9.17) is 0 Å². The van der Waals surface area contributed by atoms with Gasteiger partial charge in [0.05, 0.1) is 0 Å². The van der Waals surface area contributed by atoms with Gasteiger partial charge < -0.3 is 0 Å². The topological polar surface area (TPSA) is 0 Å². The van der Waals surface area contributed by atoms with Crippen LogP contribution in [0.1, 0.15) is 105 Å². The third-order valence-electron chi connectivity index (χ3n) is 6.15. The first-order chi connectivity index (χ1) is 15.8. The largest absolute Gasteiger partial charge is 2.00 e. The standard InChI is InChI=1S/2C15H26P.Cr/c2*1-3-5-9-13-16(14-10-6-4-2)15-11-7-8-12-15;/h2*7-8,11-12H,3-6,9-10,13-14H2,1-2H3;/q2*-1;+2. The van der Waals surface area contributed by atoms with Crippen molar-refractivity contribution in [1.29, 1.82) is 0 Å². The molecule has 0 unspecified atom stereocenters. The van der Waals surface area contributed by atoms with Gasteiger partial charge >= 0.3 is 17.4 Å². The second-order valence-corrected chi connectivity index (χ2v) is 14.1. The Labute approximate surface area is 221 Å². The molecule has 0 heterocycles. The van der Waals surface area contributed by atoms with Crippen LogP contribution in [0.15, 0.2) is 48.5 Å². The molecule has 0 N–H and O–H groups in total. The van der Waals surface area contributed by atoms with Crippen molar-refractivity contribution >= 4 is 26.5 Å². The third kappa shape index (κ3) is 16.4. The molecule has 2 aromatic rings. The molecular formula is C30H52CrP2. The van der Waals surface area contributed by atoms with Crippen LogP contribution in [0.4, 0.5) is 0 Å². The van der Waals surface area contributed by atoms with Crippen molar-refractivity contribution in [2.24, 2.45) is 0 Å². The number of unbranched alkanes of at least 4 members (excludes halogenated alkanes) is 8. The van der Waals surface area contributed by atoms with Gasteiger partial charge in [-0.1, -0.05) is 79.1 Å². The number of hydrogen-bond acceptors (Lipinski definition) is 0. The molecule has 0 aliphatic rings. The van der Waals surface area contributed by atoms with E-state index in [1.165, 1.54) is 102 Å². The second kappa shape index (κ2) is 23.8. The summed E-state index contributed by atoms with van der Waals surface area (Å²) in [6, 6.07) is 18.1. The molecule has 2 rings (SSSR count). The van der Waals surface area contributed by atoms with Crippen molar-refractivity contribution in [3.63, 3.8) is 0 Å². The maximum atomic E-state index is 2.34.